The van der Waals surface area contributed by atoms with E-state index in [1.165, 1.54) is 51.4 Å². The molecule has 0 unspecified atom stereocenters. The molecular weight excluding hydrogens is 352 g/mol. The minimum Gasteiger partial charge on any atom is -0.393 e. The number of hydrogen-bond donors (Lipinski definition) is 1. The lowest BCUT2D eigenvalue weighted by molar-refractivity contribution is -0.148. The lowest BCUT2D eigenvalue weighted by Crippen LogP contribution is -2.56. The summed E-state index contributed by atoms with van der Waals surface area (Å²) in [7, 11) is 0. The van der Waals surface area contributed by atoms with E-state index in [2.05, 4.69) is 53.7 Å². The first kappa shape index (κ1) is 21.9. The largest absolute Gasteiger partial charge is 0.393 e. The summed E-state index contributed by atoms with van der Waals surface area (Å²) in [4.78, 5) is 0. The van der Waals surface area contributed by atoms with E-state index in [1.54, 1.807) is 0 Å². The van der Waals surface area contributed by atoms with Crippen molar-refractivity contribution in [2.45, 2.75) is 105 Å². The van der Waals surface area contributed by atoms with Crippen LogP contribution in [0.25, 0.3) is 0 Å². The lowest BCUT2D eigenvalue weighted by Gasteiger charge is -2.62. The molecule has 0 radical (unpaired) electrons. The van der Waals surface area contributed by atoms with Gasteiger partial charge in [0.05, 0.1) is 6.10 Å². The summed E-state index contributed by atoms with van der Waals surface area (Å²) in [5.74, 6) is 6.47. The van der Waals surface area contributed by atoms with E-state index in [1.807, 2.05) is 0 Å². The van der Waals surface area contributed by atoms with Crippen LogP contribution < -0.4 is 0 Å². The van der Waals surface area contributed by atoms with Crippen molar-refractivity contribution < 1.29 is 5.11 Å². The standard InChI is InChI=1S/C28H48O/c1-18(2)8-7-9-19(3)22-12-13-24-21-10-11-23-20(4)26(29)15-17-28(23,6)25(21)14-16-27(22,24)5/h7,9,18-26,29H,8,10-17H2,1-6H3/b9-7+/t19-,20+,21+,22-,23+,24+,25+,26+,27-,28+/m1/s1. The van der Waals surface area contributed by atoms with Crippen molar-refractivity contribution in [3.05, 3.63) is 12.2 Å². The van der Waals surface area contributed by atoms with Gasteiger partial charge in [-0.1, -0.05) is 53.7 Å². The van der Waals surface area contributed by atoms with E-state index in [-0.39, 0.29) is 6.10 Å². The van der Waals surface area contributed by atoms with Gasteiger partial charge in [-0.05, 0) is 116 Å². The molecule has 4 saturated carbocycles. The van der Waals surface area contributed by atoms with Crippen LogP contribution in [0.5, 0.6) is 0 Å². The lowest BCUT2D eigenvalue weighted by atomic mass is 9.43. The second-order valence-corrected chi connectivity index (χ2v) is 12.7. The first-order valence-electron chi connectivity index (χ1n) is 13.0. The third kappa shape index (κ3) is 3.56. The quantitative estimate of drug-likeness (QED) is 0.485. The maximum atomic E-state index is 10.5. The van der Waals surface area contributed by atoms with Gasteiger partial charge in [0, 0.05) is 0 Å². The van der Waals surface area contributed by atoms with E-state index in [4.69, 9.17) is 0 Å². The Labute approximate surface area is 181 Å². The molecule has 0 amide bonds. The highest BCUT2D eigenvalue weighted by Gasteiger charge is 2.61. The Bertz CT molecular complexity index is 607. The highest BCUT2D eigenvalue weighted by atomic mass is 16.3. The van der Waals surface area contributed by atoms with Gasteiger partial charge in [0.2, 0.25) is 0 Å². The van der Waals surface area contributed by atoms with Crippen LogP contribution in [0.3, 0.4) is 0 Å². The molecule has 0 spiro atoms. The summed E-state index contributed by atoms with van der Waals surface area (Å²) in [6, 6.07) is 0. The van der Waals surface area contributed by atoms with Gasteiger partial charge in [-0.3, -0.25) is 0 Å². The summed E-state index contributed by atoms with van der Waals surface area (Å²) < 4.78 is 0. The third-order valence-electron chi connectivity index (χ3n) is 10.9. The van der Waals surface area contributed by atoms with Gasteiger partial charge < -0.3 is 5.11 Å². The Morgan fingerprint density at radius 2 is 1.52 bits per heavy atom. The highest BCUT2D eigenvalue weighted by molar-refractivity contribution is 5.11. The number of hydrogen-bond acceptors (Lipinski definition) is 1. The van der Waals surface area contributed by atoms with Crippen LogP contribution in [0, 0.1) is 58.2 Å². The van der Waals surface area contributed by atoms with Gasteiger partial charge >= 0.3 is 0 Å². The molecule has 4 aliphatic carbocycles. The van der Waals surface area contributed by atoms with E-state index in [9.17, 15) is 5.11 Å². The predicted molar refractivity (Wildman–Crippen MR) is 124 cm³/mol. The smallest absolute Gasteiger partial charge is 0.0568 e. The number of rotatable bonds is 4. The van der Waals surface area contributed by atoms with Gasteiger partial charge in [0.15, 0.2) is 0 Å². The maximum absolute atomic E-state index is 10.5. The molecular formula is C28H48O. The van der Waals surface area contributed by atoms with Gasteiger partial charge in [0.25, 0.3) is 0 Å². The number of fused-ring (bicyclic) bond motifs is 5. The number of allylic oxidation sites excluding steroid dienone is 2. The maximum Gasteiger partial charge on any atom is 0.0568 e. The minimum absolute atomic E-state index is 0.0483. The zero-order valence-corrected chi connectivity index (χ0v) is 20.2. The minimum atomic E-state index is -0.0483. The fourth-order valence-electron chi connectivity index (χ4n) is 9.31. The van der Waals surface area contributed by atoms with Crippen LogP contribution in [0.4, 0.5) is 0 Å². The van der Waals surface area contributed by atoms with Crippen molar-refractivity contribution in [1.29, 1.82) is 0 Å². The SMILES string of the molecule is CC(C)C/C=C/[C@@H](C)[C@H]1CC[C@H]2[C@@H]3CC[C@H]4[C@H](C)[C@@H](O)CC[C@]4(C)[C@H]3CC[C@]12C. The molecule has 166 valence electrons. The Morgan fingerprint density at radius 1 is 0.862 bits per heavy atom. The molecule has 4 fully saturated rings. The fourth-order valence-corrected chi connectivity index (χ4v) is 9.31. The third-order valence-corrected chi connectivity index (χ3v) is 10.9. The molecule has 0 aliphatic heterocycles. The predicted octanol–water partition coefficient (Wildman–Crippen LogP) is 7.49. The molecule has 4 aliphatic rings. The topological polar surface area (TPSA) is 20.2 Å². The van der Waals surface area contributed by atoms with Crippen LogP contribution >= 0.6 is 0 Å². The van der Waals surface area contributed by atoms with Gasteiger partial charge in [-0.2, -0.15) is 0 Å². The molecule has 1 heteroatoms. The van der Waals surface area contributed by atoms with E-state index >= 15 is 0 Å². The molecule has 0 saturated heterocycles. The Morgan fingerprint density at radius 3 is 2.24 bits per heavy atom. The zero-order valence-electron chi connectivity index (χ0n) is 20.2. The summed E-state index contributed by atoms with van der Waals surface area (Å²) >= 11 is 0. The molecule has 0 bridgehead atoms. The average molecular weight is 401 g/mol. The van der Waals surface area contributed by atoms with Gasteiger partial charge in [-0.15, -0.1) is 0 Å². The second kappa shape index (κ2) is 7.99. The average Bonchev–Trinajstić information content (AvgIpc) is 3.02. The second-order valence-electron chi connectivity index (χ2n) is 12.7. The van der Waals surface area contributed by atoms with Crippen molar-refractivity contribution in [1.82, 2.24) is 0 Å². The first-order chi connectivity index (χ1) is 13.7. The molecule has 0 aromatic rings. The summed E-state index contributed by atoms with van der Waals surface area (Å²) in [6.07, 6.45) is 17.2. The zero-order chi connectivity index (χ0) is 21.0. The van der Waals surface area contributed by atoms with Crippen molar-refractivity contribution in [3.8, 4) is 0 Å². The summed E-state index contributed by atoms with van der Waals surface area (Å²) in [5, 5.41) is 10.5. The van der Waals surface area contributed by atoms with Gasteiger partial charge in [-0.25, -0.2) is 0 Å². The first-order valence-corrected chi connectivity index (χ1v) is 13.0. The molecule has 10 atom stereocenters. The van der Waals surface area contributed by atoms with Crippen molar-refractivity contribution in [2.75, 3.05) is 0 Å². The number of aliphatic hydroxyl groups excluding tert-OH is 1. The van der Waals surface area contributed by atoms with Crippen LogP contribution in [0.2, 0.25) is 0 Å². The van der Waals surface area contributed by atoms with Crippen LogP contribution in [-0.2, 0) is 0 Å². The summed E-state index contributed by atoms with van der Waals surface area (Å²) in [6.45, 7) is 14.8. The normalized spacial score (nSPS) is 51.0. The fraction of sp³-hybridized carbons (Fsp3) is 0.929. The number of aliphatic hydroxyl groups is 1. The Balaban J connectivity index is 1.51. The van der Waals surface area contributed by atoms with Crippen LogP contribution in [0.15, 0.2) is 12.2 Å². The van der Waals surface area contributed by atoms with E-state index < -0.39 is 0 Å². The molecule has 0 aromatic carbocycles. The van der Waals surface area contributed by atoms with Crippen molar-refractivity contribution >= 4 is 0 Å². The van der Waals surface area contributed by atoms with Crippen LogP contribution in [0.1, 0.15) is 99.3 Å². The summed E-state index contributed by atoms with van der Waals surface area (Å²) in [5.41, 5.74) is 1.05. The Kier molecular flexibility index (Phi) is 6.04. The highest BCUT2D eigenvalue weighted by Crippen LogP contribution is 2.68. The van der Waals surface area contributed by atoms with Crippen LogP contribution in [-0.4, -0.2) is 11.2 Å². The molecule has 1 nitrogen and oxygen atoms in total. The molecule has 1 N–H and O–H groups in total. The van der Waals surface area contributed by atoms with Gasteiger partial charge in [0.1, 0.15) is 0 Å². The molecule has 0 heterocycles. The van der Waals surface area contributed by atoms with Crippen molar-refractivity contribution in [2.24, 2.45) is 58.2 Å². The van der Waals surface area contributed by atoms with E-state index in [0.29, 0.717) is 16.7 Å². The van der Waals surface area contributed by atoms with Crippen molar-refractivity contribution in [3.63, 3.8) is 0 Å². The Hall–Kier alpha value is -0.300. The van der Waals surface area contributed by atoms with E-state index in [0.717, 1.165) is 47.8 Å². The molecule has 0 aromatic heterocycles. The monoisotopic (exact) mass is 400 g/mol. The molecule has 4 rings (SSSR count). The molecule has 29 heavy (non-hydrogen) atoms.